The smallest absolute Gasteiger partial charge is 0.550 e. The van der Waals surface area contributed by atoms with E-state index in [9.17, 15) is 19.5 Å². The molecule has 0 rings (SSSR count). The Morgan fingerprint density at radius 3 is 1.33 bits per heavy atom. The van der Waals surface area contributed by atoms with Crippen LogP contribution in [0.2, 0.25) is 0 Å². The van der Waals surface area contributed by atoms with E-state index in [1.165, 1.54) is 0 Å². The molecular formula is C8H9LiNiO11. The van der Waals surface area contributed by atoms with E-state index in [4.69, 9.17) is 35.1 Å². The van der Waals surface area contributed by atoms with E-state index in [0.717, 1.165) is 0 Å². The molecule has 0 aliphatic heterocycles. The molecule has 0 aromatic rings. The van der Waals surface area contributed by atoms with Crippen LogP contribution in [0.15, 0.2) is 0 Å². The summed E-state index contributed by atoms with van der Waals surface area (Å²) in [6.45, 7) is 0. The SMILES string of the molecule is O=C(O)C(=O)O.O=C([O-])CC(O)(CC(=O)O)C(=O)O.[Li+].[Ni]. The Hall–Kier alpha value is -1.60. The van der Waals surface area contributed by atoms with Crippen molar-refractivity contribution in [3.8, 4) is 0 Å². The number of aliphatic carboxylic acids is 5. The molecule has 5 N–H and O–H groups in total. The monoisotopic (exact) mass is 346 g/mol. The van der Waals surface area contributed by atoms with Gasteiger partial charge in [-0.1, -0.05) is 0 Å². The number of carboxylic acid groups (broad SMARTS) is 5. The summed E-state index contributed by atoms with van der Waals surface area (Å²) in [6, 6.07) is 0. The van der Waals surface area contributed by atoms with Gasteiger partial charge in [0.2, 0.25) is 0 Å². The molecule has 1 unspecified atom stereocenters. The van der Waals surface area contributed by atoms with Gasteiger partial charge in [0.15, 0.2) is 5.60 Å². The van der Waals surface area contributed by atoms with Crippen molar-refractivity contribution in [2.45, 2.75) is 18.4 Å². The van der Waals surface area contributed by atoms with Gasteiger partial charge < -0.3 is 35.4 Å². The van der Waals surface area contributed by atoms with Gasteiger partial charge in [-0.25, -0.2) is 14.4 Å². The Balaban J connectivity index is -0.000000156. The fourth-order valence-electron chi connectivity index (χ4n) is 0.703. The Labute approximate surface area is 138 Å². The van der Waals surface area contributed by atoms with Crippen LogP contribution in [0.4, 0.5) is 0 Å². The van der Waals surface area contributed by atoms with E-state index < -0.39 is 48.3 Å². The molecule has 11 nitrogen and oxygen atoms in total. The summed E-state index contributed by atoms with van der Waals surface area (Å²) in [5.74, 6) is -8.98. The minimum Gasteiger partial charge on any atom is -0.550 e. The molecule has 0 saturated heterocycles. The maximum Gasteiger partial charge on any atom is 1.00 e. The van der Waals surface area contributed by atoms with Crippen LogP contribution in [0, 0.1) is 0 Å². The van der Waals surface area contributed by atoms with Gasteiger partial charge in [-0.05, 0) is 0 Å². The molecule has 0 aliphatic rings. The van der Waals surface area contributed by atoms with E-state index in [-0.39, 0.29) is 35.4 Å². The zero-order chi connectivity index (χ0) is 15.8. The average Bonchev–Trinajstić information content (AvgIpc) is 2.14. The van der Waals surface area contributed by atoms with Crippen LogP contribution in [0.5, 0.6) is 0 Å². The van der Waals surface area contributed by atoms with E-state index in [0.29, 0.717) is 0 Å². The normalized spacial score (nSPS) is 11.1. The second-order valence-electron chi connectivity index (χ2n) is 3.07. The van der Waals surface area contributed by atoms with Crippen LogP contribution in [0.3, 0.4) is 0 Å². The largest absolute Gasteiger partial charge is 1.00 e. The molecule has 0 aromatic heterocycles. The average molecular weight is 347 g/mol. The Bertz CT molecular complexity index is 379. The second-order valence-corrected chi connectivity index (χ2v) is 3.07. The molecule has 0 spiro atoms. The number of carbonyl (C=O) groups is 5. The van der Waals surface area contributed by atoms with Crippen molar-refractivity contribution in [3.05, 3.63) is 0 Å². The number of carboxylic acids is 5. The molecule has 0 heterocycles. The van der Waals surface area contributed by atoms with Gasteiger partial charge in [0.25, 0.3) is 0 Å². The number of aliphatic hydroxyl groups is 1. The molecule has 0 saturated carbocycles. The van der Waals surface area contributed by atoms with E-state index in [1.54, 1.807) is 0 Å². The first kappa shape index (κ1) is 27.7. The molecule has 21 heavy (non-hydrogen) atoms. The van der Waals surface area contributed by atoms with Gasteiger partial charge in [-0.2, -0.15) is 0 Å². The van der Waals surface area contributed by atoms with Crippen LogP contribution in [0.1, 0.15) is 12.8 Å². The Kier molecular flexibility index (Phi) is 16.0. The number of rotatable bonds is 5. The zero-order valence-corrected chi connectivity index (χ0v) is 11.4. The van der Waals surface area contributed by atoms with Gasteiger partial charge in [0, 0.05) is 28.9 Å². The quantitative estimate of drug-likeness (QED) is 0.233. The van der Waals surface area contributed by atoms with Crippen molar-refractivity contribution < 1.29 is 90.0 Å². The second kappa shape index (κ2) is 12.2. The number of hydrogen-bond acceptors (Lipinski definition) is 7. The van der Waals surface area contributed by atoms with Gasteiger partial charge in [0.1, 0.15) is 0 Å². The standard InChI is InChI=1S/C6H8O7.C2H2O4.Li.Ni/c7-3(8)1-6(13,5(11)12)2-4(9)10;3-1(4)2(5)6;;/h13H,1-2H2,(H,7,8)(H,9,10)(H,11,12);(H,3,4)(H,5,6);;/q;;+1;/p-1. The van der Waals surface area contributed by atoms with Crippen LogP contribution >= 0.6 is 0 Å². The summed E-state index contributed by atoms with van der Waals surface area (Å²) < 4.78 is 0. The molecule has 0 fully saturated rings. The summed E-state index contributed by atoms with van der Waals surface area (Å²) in [6.07, 6.45) is -2.44. The third-order valence-corrected chi connectivity index (χ3v) is 1.46. The summed E-state index contributed by atoms with van der Waals surface area (Å²) in [4.78, 5) is 48.5. The fourth-order valence-corrected chi connectivity index (χ4v) is 0.703. The van der Waals surface area contributed by atoms with E-state index in [2.05, 4.69) is 0 Å². The minimum atomic E-state index is -2.80. The summed E-state index contributed by atoms with van der Waals surface area (Å²) in [7, 11) is 0. The zero-order valence-electron chi connectivity index (χ0n) is 10.4. The summed E-state index contributed by atoms with van der Waals surface area (Å²) in [5, 5.41) is 50.3. The first-order valence-electron chi connectivity index (χ1n) is 4.26. The minimum absolute atomic E-state index is 0. The van der Waals surface area contributed by atoms with Gasteiger partial charge in [0.05, 0.1) is 6.42 Å². The molecule has 0 aromatic carbocycles. The molecule has 13 heteroatoms. The topological polar surface area (TPSA) is 210 Å². The fraction of sp³-hybridized carbons (Fsp3) is 0.375. The predicted molar refractivity (Wildman–Crippen MR) is 49.7 cm³/mol. The van der Waals surface area contributed by atoms with Crippen LogP contribution in [-0.2, 0) is 40.5 Å². The van der Waals surface area contributed by atoms with Crippen LogP contribution < -0.4 is 24.0 Å². The van der Waals surface area contributed by atoms with Crippen molar-refractivity contribution >= 4 is 29.8 Å². The summed E-state index contributed by atoms with van der Waals surface area (Å²) in [5.41, 5.74) is -2.80. The third kappa shape index (κ3) is 14.6. The maximum atomic E-state index is 10.3. The molecule has 118 valence electrons. The first-order valence-corrected chi connectivity index (χ1v) is 4.26. The molecule has 0 aliphatic carbocycles. The van der Waals surface area contributed by atoms with Crippen molar-refractivity contribution in [1.82, 2.24) is 0 Å². The van der Waals surface area contributed by atoms with Crippen molar-refractivity contribution in [2.24, 2.45) is 0 Å². The molecule has 0 amide bonds. The predicted octanol–water partition coefficient (Wildman–Crippen LogP) is -6.43. The molecular weight excluding hydrogens is 338 g/mol. The Morgan fingerprint density at radius 2 is 1.19 bits per heavy atom. The molecule has 1 atom stereocenters. The van der Waals surface area contributed by atoms with Gasteiger partial charge in [-0.15, -0.1) is 0 Å². The van der Waals surface area contributed by atoms with Crippen molar-refractivity contribution in [1.29, 1.82) is 0 Å². The van der Waals surface area contributed by atoms with E-state index >= 15 is 0 Å². The third-order valence-electron chi connectivity index (χ3n) is 1.46. The molecule has 0 bridgehead atoms. The number of hydrogen-bond donors (Lipinski definition) is 5. The van der Waals surface area contributed by atoms with E-state index in [1.807, 2.05) is 0 Å². The van der Waals surface area contributed by atoms with Crippen molar-refractivity contribution in [2.75, 3.05) is 0 Å². The van der Waals surface area contributed by atoms with Gasteiger partial charge in [-0.3, -0.25) is 4.79 Å². The first-order chi connectivity index (χ1) is 8.42. The van der Waals surface area contributed by atoms with Crippen molar-refractivity contribution in [3.63, 3.8) is 0 Å². The Morgan fingerprint density at radius 1 is 0.857 bits per heavy atom. The maximum absolute atomic E-state index is 10.3. The number of carbonyl (C=O) groups excluding carboxylic acids is 1. The molecule has 0 radical (unpaired) electrons. The van der Waals surface area contributed by atoms with Crippen LogP contribution in [-0.4, -0.2) is 61.0 Å². The van der Waals surface area contributed by atoms with Gasteiger partial charge >= 0.3 is 42.7 Å². The van der Waals surface area contributed by atoms with Crippen LogP contribution in [0.25, 0.3) is 0 Å². The summed E-state index contributed by atoms with van der Waals surface area (Å²) >= 11 is 0.